The van der Waals surface area contributed by atoms with Crippen molar-refractivity contribution in [3.8, 4) is 5.75 Å². The standard InChI is InChI=1S/C20H29FN6O/c1-14-10-19(22-2)26-20(24-14)25-17-4-5-18(28-3)15(11-17)12-23-7-9-27-8-6-16(21)13-27/h4-5,10-11,16,23H,6-9,12-13H2,1-3H3,(H2,22,24,25,26)/t16-/m0/s1. The van der Waals surface area contributed by atoms with Gasteiger partial charge in [0.2, 0.25) is 5.95 Å². The van der Waals surface area contributed by atoms with E-state index in [1.165, 1.54) is 0 Å². The van der Waals surface area contributed by atoms with Gasteiger partial charge in [-0.3, -0.25) is 4.90 Å². The maximum Gasteiger partial charge on any atom is 0.229 e. The lowest BCUT2D eigenvalue weighted by Gasteiger charge is -2.16. The first-order valence-corrected chi connectivity index (χ1v) is 9.62. The molecule has 0 aliphatic carbocycles. The molecular weight excluding hydrogens is 359 g/mol. The molecule has 3 rings (SSSR count). The first-order valence-electron chi connectivity index (χ1n) is 9.62. The van der Waals surface area contributed by atoms with Crippen LogP contribution >= 0.6 is 0 Å². The molecule has 7 nitrogen and oxygen atoms in total. The number of alkyl halides is 1. The van der Waals surface area contributed by atoms with E-state index in [4.69, 9.17) is 4.74 Å². The van der Waals surface area contributed by atoms with Crippen molar-refractivity contribution in [1.29, 1.82) is 0 Å². The van der Waals surface area contributed by atoms with Crippen molar-refractivity contribution < 1.29 is 9.13 Å². The van der Waals surface area contributed by atoms with Crippen LogP contribution in [0.2, 0.25) is 0 Å². The molecule has 28 heavy (non-hydrogen) atoms. The summed E-state index contributed by atoms with van der Waals surface area (Å²) in [6.07, 6.45) is -0.0206. The average Bonchev–Trinajstić information content (AvgIpc) is 3.10. The topological polar surface area (TPSA) is 74.3 Å². The fraction of sp³-hybridized carbons (Fsp3) is 0.500. The van der Waals surface area contributed by atoms with Gasteiger partial charge in [-0.15, -0.1) is 0 Å². The average molecular weight is 388 g/mol. The zero-order chi connectivity index (χ0) is 19.9. The number of ether oxygens (including phenoxy) is 1. The SMILES string of the molecule is CNc1cc(C)nc(Nc2ccc(OC)c(CNCCN3CC[C@H](F)C3)c2)n1. The molecular formula is C20H29FN6O. The Morgan fingerprint density at radius 3 is 2.86 bits per heavy atom. The minimum absolute atomic E-state index is 0.545. The van der Waals surface area contributed by atoms with Gasteiger partial charge in [-0.25, -0.2) is 9.37 Å². The highest BCUT2D eigenvalue weighted by atomic mass is 19.1. The van der Waals surface area contributed by atoms with Crippen LogP contribution in [0, 0.1) is 6.92 Å². The second kappa shape index (κ2) is 9.66. The molecule has 0 unspecified atom stereocenters. The van der Waals surface area contributed by atoms with E-state index in [9.17, 15) is 4.39 Å². The highest BCUT2D eigenvalue weighted by Crippen LogP contribution is 2.24. The van der Waals surface area contributed by atoms with Crippen LogP contribution in [0.4, 0.5) is 21.8 Å². The van der Waals surface area contributed by atoms with Gasteiger partial charge in [0.25, 0.3) is 0 Å². The summed E-state index contributed by atoms with van der Waals surface area (Å²) in [6.45, 7) is 5.65. The van der Waals surface area contributed by atoms with Crippen LogP contribution in [0.1, 0.15) is 17.7 Å². The van der Waals surface area contributed by atoms with Gasteiger partial charge >= 0.3 is 0 Å². The molecule has 152 valence electrons. The van der Waals surface area contributed by atoms with Gasteiger partial charge in [0.15, 0.2) is 0 Å². The molecule has 1 saturated heterocycles. The minimum atomic E-state index is -0.671. The summed E-state index contributed by atoms with van der Waals surface area (Å²) in [7, 11) is 3.50. The van der Waals surface area contributed by atoms with Gasteiger partial charge in [-0.1, -0.05) is 0 Å². The Hall–Kier alpha value is -2.45. The molecule has 2 heterocycles. The van der Waals surface area contributed by atoms with Crippen molar-refractivity contribution in [3.05, 3.63) is 35.5 Å². The highest BCUT2D eigenvalue weighted by Gasteiger charge is 2.20. The van der Waals surface area contributed by atoms with Crippen LogP contribution in [-0.2, 0) is 6.54 Å². The van der Waals surface area contributed by atoms with Crippen LogP contribution < -0.4 is 20.7 Å². The van der Waals surface area contributed by atoms with E-state index in [-0.39, 0.29) is 0 Å². The molecule has 2 aromatic rings. The van der Waals surface area contributed by atoms with E-state index in [2.05, 4.69) is 30.8 Å². The normalized spacial score (nSPS) is 16.9. The Labute approximate surface area is 165 Å². The van der Waals surface area contributed by atoms with Crippen molar-refractivity contribution in [2.24, 2.45) is 0 Å². The number of hydrogen-bond acceptors (Lipinski definition) is 7. The predicted molar refractivity (Wildman–Crippen MR) is 110 cm³/mol. The number of nitrogens with one attached hydrogen (secondary N) is 3. The maximum atomic E-state index is 13.2. The van der Waals surface area contributed by atoms with Crippen molar-refractivity contribution in [3.63, 3.8) is 0 Å². The number of rotatable bonds is 9. The number of halogens is 1. The number of aromatic nitrogens is 2. The van der Waals surface area contributed by atoms with Crippen LogP contribution in [0.25, 0.3) is 0 Å². The third-order valence-electron chi connectivity index (χ3n) is 4.78. The number of likely N-dealkylation sites (tertiary alicyclic amines) is 1. The highest BCUT2D eigenvalue weighted by molar-refractivity contribution is 5.58. The van der Waals surface area contributed by atoms with Gasteiger partial charge < -0.3 is 20.7 Å². The zero-order valence-electron chi connectivity index (χ0n) is 16.8. The summed E-state index contributed by atoms with van der Waals surface area (Å²) in [5.41, 5.74) is 2.82. The van der Waals surface area contributed by atoms with E-state index in [0.29, 0.717) is 25.5 Å². The van der Waals surface area contributed by atoms with E-state index in [1.807, 2.05) is 38.2 Å². The number of anilines is 3. The summed E-state index contributed by atoms with van der Waals surface area (Å²) in [5, 5.41) is 9.71. The lowest BCUT2D eigenvalue weighted by atomic mass is 10.1. The molecule has 0 spiro atoms. The smallest absolute Gasteiger partial charge is 0.229 e. The number of hydrogen-bond donors (Lipinski definition) is 3. The van der Waals surface area contributed by atoms with E-state index >= 15 is 0 Å². The molecule has 1 fully saturated rings. The first kappa shape index (κ1) is 20.3. The van der Waals surface area contributed by atoms with E-state index in [1.54, 1.807) is 7.11 Å². The Morgan fingerprint density at radius 1 is 1.29 bits per heavy atom. The minimum Gasteiger partial charge on any atom is -0.496 e. The number of aryl methyl sites for hydroxylation is 1. The van der Waals surface area contributed by atoms with Crippen molar-refractivity contribution in [2.75, 3.05) is 51.0 Å². The Balaban J connectivity index is 1.60. The number of methoxy groups -OCH3 is 1. The molecule has 1 atom stereocenters. The van der Waals surface area contributed by atoms with Crippen LogP contribution in [0.3, 0.4) is 0 Å². The van der Waals surface area contributed by atoms with Crippen molar-refractivity contribution in [2.45, 2.75) is 26.1 Å². The predicted octanol–water partition coefficient (Wildman–Crippen LogP) is 2.71. The molecule has 3 N–H and O–H groups in total. The molecule has 1 aromatic heterocycles. The summed E-state index contributed by atoms with van der Waals surface area (Å²) in [6, 6.07) is 7.80. The summed E-state index contributed by atoms with van der Waals surface area (Å²) in [5.74, 6) is 2.13. The second-order valence-electron chi connectivity index (χ2n) is 6.98. The molecule has 0 radical (unpaired) electrons. The monoisotopic (exact) mass is 388 g/mol. The lowest BCUT2D eigenvalue weighted by molar-refractivity contribution is 0.287. The van der Waals surface area contributed by atoms with Crippen molar-refractivity contribution >= 4 is 17.5 Å². The summed E-state index contributed by atoms with van der Waals surface area (Å²) >= 11 is 0. The van der Waals surface area contributed by atoms with E-state index in [0.717, 1.165) is 48.1 Å². The van der Waals surface area contributed by atoms with Gasteiger partial charge in [0.05, 0.1) is 7.11 Å². The molecule has 1 aliphatic heterocycles. The van der Waals surface area contributed by atoms with Crippen LogP contribution in [0.5, 0.6) is 5.75 Å². The molecule has 0 saturated carbocycles. The number of benzene rings is 1. The molecule has 1 aliphatic rings. The van der Waals surface area contributed by atoms with Crippen LogP contribution in [0.15, 0.2) is 24.3 Å². The largest absolute Gasteiger partial charge is 0.496 e. The fourth-order valence-electron chi connectivity index (χ4n) is 3.32. The zero-order valence-corrected chi connectivity index (χ0v) is 16.8. The second-order valence-corrected chi connectivity index (χ2v) is 6.98. The molecule has 0 amide bonds. The molecule has 1 aromatic carbocycles. The Morgan fingerprint density at radius 2 is 2.14 bits per heavy atom. The van der Waals surface area contributed by atoms with Gasteiger partial charge in [0, 0.05) is 62.8 Å². The summed E-state index contributed by atoms with van der Waals surface area (Å²) < 4.78 is 18.7. The fourth-order valence-corrected chi connectivity index (χ4v) is 3.32. The maximum absolute atomic E-state index is 13.2. The first-order chi connectivity index (χ1) is 13.6. The Kier molecular flexibility index (Phi) is 7.00. The molecule has 0 bridgehead atoms. The van der Waals surface area contributed by atoms with Crippen molar-refractivity contribution in [1.82, 2.24) is 20.2 Å². The quantitative estimate of drug-likeness (QED) is 0.570. The third kappa shape index (κ3) is 5.53. The third-order valence-corrected chi connectivity index (χ3v) is 4.78. The van der Waals surface area contributed by atoms with Gasteiger partial charge in [-0.05, 0) is 31.5 Å². The van der Waals surface area contributed by atoms with Crippen LogP contribution in [-0.4, -0.2) is 61.4 Å². The summed E-state index contributed by atoms with van der Waals surface area (Å²) in [4.78, 5) is 11.0. The van der Waals surface area contributed by atoms with Gasteiger partial charge in [-0.2, -0.15) is 4.98 Å². The Bertz CT molecular complexity index is 787. The molecule has 8 heteroatoms. The number of nitrogens with zero attached hydrogens (tertiary/aromatic N) is 3. The van der Waals surface area contributed by atoms with E-state index < -0.39 is 6.17 Å². The lowest BCUT2D eigenvalue weighted by Crippen LogP contribution is -2.30. The van der Waals surface area contributed by atoms with Gasteiger partial charge in [0.1, 0.15) is 17.7 Å².